The lowest BCUT2D eigenvalue weighted by molar-refractivity contribution is 0.0173. The van der Waals surface area contributed by atoms with E-state index in [0.29, 0.717) is 29.3 Å². The van der Waals surface area contributed by atoms with Crippen LogP contribution in [0.1, 0.15) is 46.9 Å². The smallest absolute Gasteiger partial charge is 0.163 e. The Bertz CT molecular complexity index is 445. The molecule has 1 aliphatic rings. The third-order valence-electron chi connectivity index (χ3n) is 3.40. The van der Waals surface area contributed by atoms with Gasteiger partial charge in [-0.25, -0.2) is 0 Å². The van der Waals surface area contributed by atoms with E-state index in [4.69, 9.17) is 0 Å². The molecule has 0 saturated carbocycles. The Morgan fingerprint density at radius 2 is 2.06 bits per heavy atom. The maximum absolute atomic E-state index is 11.8. The van der Waals surface area contributed by atoms with Gasteiger partial charge in [0.25, 0.3) is 0 Å². The Morgan fingerprint density at radius 1 is 1.28 bits per heavy atom. The molecule has 0 bridgehead atoms. The number of carbonyl (C=O) groups excluding carboxylic acids is 1. The molecule has 0 saturated heterocycles. The van der Waals surface area contributed by atoms with Gasteiger partial charge in [-0.1, -0.05) is 28.1 Å². The predicted molar refractivity (Wildman–Crippen MR) is 73.1 cm³/mol. The highest BCUT2D eigenvalue weighted by Gasteiger charge is 2.22. The van der Waals surface area contributed by atoms with E-state index in [1.165, 1.54) is 0 Å². The SMILES string of the molecule is O=C1CCCc2ccc(C(O)C(O)CCBr)cc21. The normalized spacial score (nSPS) is 18.3. The summed E-state index contributed by atoms with van der Waals surface area (Å²) in [6.45, 7) is 0. The molecule has 0 aliphatic heterocycles. The van der Waals surface area contributed by atoms with Crippen molar-refractivity contribution in [3.8, 4) is 0 Å². The molecule has 0 amide bonds. The molecule has 2 N–H and O–H groups in total. The average Bonchev–Trinajstić information content (AvgIpc) is 2.38. The highest BCUT2D eigenvalue weighted by molar-refractivity contribution is 9.09. The molecule has 0 fully saturated rings. The summed E-state index contributed by atoms with van der Waals surface area (Å²) in [6, 6.07) is 5.43. The summed E-state index contributed by atoms with van der Waals surface area (Å²) in [7, 11) is 0. The maximum Gasteiger partial charge on any atom is 0.163 e. The number of aliphatic hydroxyl groups is 2. The van der Waals surface area contributed by atoms with E-state index in [0.717, 1.165) is 18.4 Å². The van der Waals surface area contributed by atoms with Crippen molar-refractivity contribution in [2.45, 2.75) is 37.9 Å². The number of Topliss-reactive ketones (excluding diaryl/α,β-unsaturated/α-hetero) is 1. The van der Waals surface area contributed by atoms with Gasteiger partial charge in [0.05, 0.1) is 6.10 Å². The lowest BCUT2D eigenvalue weighted by Crippen LogP contribution is -2.20. The molecule has 2 unspecified atom stereocenters. The van der Waals surface area contributed by atoms with Crippen molar-refractivity contribution in [3.63, 3.8) is 0 Å². The van der Waals surface area contributed by atoms with Gasteiger partial charge < -0.3 is 10.2 Å². The molecule has 0 spiro atoms. The number of fused-ring (bicyclic) bond motifs is 1. The minimum absolute atomic E-state index is 0.139. The first kappa shape index (κ1) is 13.7. The summed E-state index contributed by atoms with van der Waals surface area (Å²) in [6.07, 6.45) is 1.15. The fraction of sp³-hybridized carbons (Fsp3) is 0.500. The first-order chi connectivity index (χ1) is 8.63. The van der Waals surface area contributed by atoms with Gasteiger partial charge in [-0.05, 0) is 36.5 Å². The van der Waals surface area contributed by atoms with E-state index in [-0.39, 0.29) is 5.78 Å². The minimum Gasteiger partial charge on any atom is -0.390 e. The van der Waals surface area contributed by atoms with Gasteiger partial charge in [-0.2, -0.15) is 0 Å². The number of aliphatic hydroxyl groups excluding tert-OH is 2. The van der Waals surface area contributed by atoms with E-state index in [1.807, 2.05) is 6.07 Å². The molecule has 0 aromatic heterocycles. The van der Waals surface area contributed by atoms with Crippen molar-refractivity contribution in [1.82, 2.24) is 0 Å². The van der Waals surface area contributed by atoms with Gasteiger partial charge in [0.1, 0.15) is 6.10 Å². The summed E-state index contributed by atoms with van der Waals surface area (Å²) in [5, 5.41) is 20.4. The lowest BCUT2D eigenvalue weighted by atomic mass is 9.88. The monoisotopic (exact) mass is 312 g/mol. The number of alkyl halides is 1. The van der Waals surface area contributed by atoms with Gasteiger partial charge in [-0.15, -0.1) is 0 Å². The number of aryl methyl sites for hydroxylation is 1. The number of ketones is 1. The zero-order valence-electron chi connectivity index (χ0n) is 10.1. The third-order valence-corrected chi connectivity index (χ3v) is 3.85. The number of hydrogen-bond donors (Lipinski definition) is 2. The highest BCUT2D eigenvalue weighted by atomic mass is 79.9. The molecular formula is C14H17BrO3. The van der Waals surface area contributed by atoms with Crippen LogP contribution < -0.4 is 0 Å². The van der Waals surface area contributed by atoms with Gasteiger partial charge in [0, 0.05) is 17.3 Å². The van der Waals surface area contributed by atoms with Gasteiger partial charge in [0.2, 0.25) is 0 Å². The Morgan fingerprint density at radius 3 is 2.78 bits per heavy atom. The molecule has 0 heterocycles. The van der Waals surface area contributed by atoms with Crippen LogP contribution in [0.25, 0.3) is 0 Å². The van der Waals surface area contributed by atoms with Crippen LogP contribution in [0.5, 0.6) is 0 Å². The summed E-state index contributed by atoms with van der Waals surface area (Å²) in [5.74, 6) is 0.139. The molecule has 2 atom stereocenters. The van der Waals surface area contributed by atoms with Crippen LogP contribution in [0.15, 0.2) is 18.2 Å². The first-order valence-corrected chi connectivity index (χ1v) is 7.33. The zero-order valence-corrected chi connectivity index (χ0v) is 11.7. The number of hydrogen-bond acceptors (Lipinski definition) is 3. The molecule has 4 heteroatoms. The van der Waals surface area contributed by atoms with Gasteiger partial charge in [-0.3, -0.25) is 4.79 Å². The molecule has 98 valence electrons. The summed E-state index contributed by atoms with van der Waals surface area (Å²) >= 11 is 3.24. The summed E-state index contributed by atoms with van der Waals surface area (Å²) < 4.78 is 0. The third kappa shape index (κ3) is 2.82. The molecule has 2 rings (SSSR count). The van der Waals surface area contributed by atoms with Crippen LogP contribution in [0.4, 0.5) is 0 Å². The van der Waals surface area contributed by atoms with Crippen LogP contribution in [0.3, 0.4) is 0 Å². The van der Waals surface area contributed by atoms with E-state index in [1.54, 1.807) is 12.1 Å². The second kappa shape index (κ2) is 5.95. The summed E-state index contributed by atoms with van der Waals surface area (Å²) in [4.78, 5) is 11.8. The fourth-order valence-electron chi connectivity index (χ4n) is 2.32. The average molecular weight is 313 g/mol. The van der Waals surface area contributed by atoms with Gasteiger partial charge >= 0.3 is 0 Å². The van der Waals surface area contributed by atoms with E-state index in [2.05, 4.69) is 15.9 Å². The van der Waals surface area contributed by atoms with Crippen LogP contribution in [0, 0.1) is 0 Å². The minimum atomic E-state index is -0.928. The molecule has 1 aromatic carbocycles. The molecule has 0 radical (unpaired) electrons. The maximum atomic E-state index is 11.8. The molecule has 1 aromatic rings. The Hall–Kier alpha value is -0.710. The topological polar surface area (TPSA) is 57.5 Å². The van der Waals surface area contributed by atoms with Crippen molar-refractivity contribution in [3.05, 3.63) is 34.9 Å². The second-order valence-electron chi connectivity index (χ2n) is 4.68. The second-order valence-corrected chi connectivity index (χ2v) is 5.48. The van der Waals surface area contributed by atoms with E-state index in [9.17, 15) is 15.0 Å². The van der Waals surface area contributed by atoms with Crippen molar-refractivity contribution in [2.75, 3.05) is 5.33 Å². The van der Waals surface area contributed by atoms with E-state index < -0.39 is 12.2 Å². The predicted octanol–water partition coefficient (Wildman–Crippen LogP) is 2.38. The Balaban J connectivity index is 2.25. The van der Waals surface area contributed by atoms with Crippen molar-refractivity contribution in [1.29, 1.82) is 0 Å². The number of carbonyl (C=O) groups is 1. The molecule has 1 aliphatic carbocycles. The quantitative estimate of drug-likeness (QED) is 0.839. The first-order valence-electron chi connectivity index (χ1n) is 6.21. The highest BCUT2D eigenvalue weighted by Crippen LogP contribution is 2.26. The van der Waals surface area contributed by atoms with E-state index >= 15 is 0 Å². The molecule has 3 nitrogen and oxygen atoms in total. The molecular weight excluding hydrogens is 296 g/mol. The summed E-state index contributed by atoms with van der Waals surface area (Å²) in [5.41, 5.74) is 2.39. The van der Waals surface area contributed by atoms with Crippen LogP contribution in [0.2, 0.25) is 0 Å². The van der Waals surface area contributed by atoms with Gasteiger partial charge in [0.15, 0.2) is 5.78 Å². The van der Waals surface area contributed by atoms with Crippen LogP contribution >= 0.6 is 15.9 Å². The number of benzene rings is 1. The van der Waals surface area contributed by atoms with Crippen molar-refractivity contribution < 1.29 is 15.0 Å². The number of halogens is 1. The fourth-order valence-corrected chi connectivity index (χ4v) is 2.79. The largest absolute Gasteiger partial charge is 0.390 e. The Kier molecular flexibility index (Phi) is 4.54. The van der Waals surface area contributed by atoms with Crippen LogP contribution in [-0.4, -0.2) is 27.4 Å². The lowest BCUT2D eigenvalue weighted by Gasteiger charge is -2.20. The van der Waals surface area contributed by atoms with Crippen molar-refractivity contribution >= 4 is 21.7 Å². The van der Waals surface area contributed by atoms with Crippen LogP contribution in [-0.2, 0) is 6.42 Å². The zero-order chi connectivity index (χ0) is 13.1. The standard InChI is InChI=1S/C14H17BrO3/c15-7-6-13(17)14(18)10-5-4-9-2-1-3-12(16)11(9)8-10/h4-5,8,13-14,17-18H,1-3,6-7H2. The van der Waals surface area contributed by atoms with Crippen molar-refractivity contribution in [2.24, 2.45) is 0 Å². The Labute approximate surface area is 115 Å². The molecule has 18 heavy (non-hydrogen) atoms. The number of rotatable bonds is 4.